The van der Waals surface area contributed by atoms with E-state index in [0.717, 1.165) is 5.75 Å². The highest BCUT2D eigenvalue weighted by Crippen LogP contribution is 2.22. The molecule has 2 aromatic rings. The van der Waals surface area contributed by atoms with Crippen LogP contribution in [-0.2, 0) is 9.63 Å². The molecule has 7 heteroatoms. The Morgan fingerprint density at radius 3 is 2.69 bits per heavy atom. The van der Waals surface area contributed by atoms with Crippen LogP contribution < -0.4 is 14.8 Å². The molecule has 0 radical (unpaired) electrons. The third kappa shape index (κ3) is 6.68. The van der Waals surface area contributed by atoms with Gasteiger partial charge in [-0.25, -0.2) is 0 Å². The number of carbonyl (C=O) groups is 1. The number of hydrogen-bond acceptors (Lipinski definition) is 6. The van der Waals surface area contributed by atoms with Gasteiger partial charge in [-0.2, -0.15) is 0 Å². The van der Waals surface area contributed by atoms with E-state index in [-0.39, 0.29) is 12.5 Å². The fourth-order valence-electron chi connectivity index (χ4n) is 2.06. The smallest absolute Gasteiger partial charge is 0.260 e. The maximum Gasteiger partial charge on any atom is 0.260 e. The Morgan fingerprint density at radius 2 is 1.96 bits per heavy atom. The lowest BCUT2D eigenvalue weighted by atomic mass is 10.2. The monoisotopic (exact) mass is 374 g/mol. The predicted molar refractivity (Wildman–Crippen MR) is 103 cm³/mol. The van der Waals surface area contributed by atoms with Crippen molar-refractivity contribution in [3.63, 3.8) is 0 Å². The van der Waals surface area contributed by atoms with Crippen LogP contribution in [-0.4, -0.2) is 45.2 Å². The van der Waals surface area contributed by atoms with Gasteiger partial charge in [0.25, 0.3) is 5.91 Å². The molecular formula is C19H22N2O4S. The van der Waals surface area contributed by atoms with Crippen LogP contribution in [0, 0.1) is 0 Å². The van der Waals surface area contributed by atoms with Crippen molar-refractivity contribution in [3.05, 3.63) is 54.1 Å². The van der Waals surface area contributed by atoms with Crippen molar-refractivity contribution < 1.29 is 19.1 Å². The molecule has 0 saturated heterocycles. The third-order valence-corrected chi connectivity index (χ3v) is 4.35. The zero-order chi connectivity index (χ0) is 18.6. The van der Waals surface area contributed by atoms with Gasteiger partial charge in [0.15, 0.2) is 6.61 Å². The third-order valence-electron chi connectivity index (χ3n) is 3.34. The second-order valence-corrected chi connectivity index (χ2v) is 6.30. The summed E-state index contributed by atoms with van der Waals surface area (Å²) >= 11 is 1.68. The maximum atomic E-state index is 11.7. The molecule has 138 valence electrons. The summed E-state index contributed by atoms with van der Waals surface area (Å²) in [6.07, 6.45) is 1.49. The van der Waals surface area contributed by atoms with E-state index in [1.54, 1.807) is 44.2 Å². The van der Waals surface area contributed by atoms with Crippen molar-refractivity contribution in [1.29, 1.82) is 0 Å². The predicted octanol–water partition coefficient (Wildman–Crippen LogP) is 2.96. The zero-order valence-electron chi connectivity index (χ0n) is 14.8. The van der Waals surface area contributed by atoms with Gasteiger partial charge in [0.2, 0.25) is 0 Å². The molecule has 0 atom stereocenters. The quantitative estimate of drug-likeness (QED) is 0.300. The van der Waals surface area contributed by atoms with Crippen LogP contribution in [0.2, 0.25) is 0 Å². The van der Waals surface area contributed by atoms with Gasteiger partial charge >= 0.3 is 0 Å². The first kappa shape index (κ1) is 19.7. The number of rotatable bonds is 10. The first-order chi connectivity index (χ1) is 12.7. The molecule has 1 amide bonds. The molecule has 0 aliphatic carbocycles. The molecule has 0 saturated carbocycles. The van der Waals surface area contributed by atoms with Crippen LogP contribution in [0.4, 0.5) is 0 Å². The molecule has 2 rings (SSSR count). The molecule has 2 aromatic carbocycles. The number of carbonyl (C=O) groups excluding carboxylic acids is 1. The molecule has 0 aliphatic heterocycles. The molecular weight excluding hydrogens is 352 g/mol. The van der Waals surface area contributed by atoms with E-state index in [1.807, 2.05) is 30.3 Å². The molecule has 0 fully saturated rings. The summed E-state index contributed by atoms with van der Waals surface area (Å²) in [7, 11) is 3.15. The average molecular weight is 374 g/mol. The van der Waals surface area contributed by atoms with E-state index in [1.165, 1.54) is 11.1 Å². The lowest BCUT2D eigenvalue weighted by Gasteiger charge is -2.07. The van der Waals surface area contributed by atoms with Gasteiger partial charge in [0.1, 0.15) is 11.5 Å². The molecule has 26 heavy (non-hydrogen) atoms. The zero-order valence-corrected chi connectivity index (χ0v) is 15.6. The average Bonchev–Trinajstić information content (AvgIpc) is 2.69. The fraction of sp³-hybridized carbons (Fsp3) is 0.263. The van der Waals surface area contributed by atoms with Gasteiger partial charge < -0.3 is 19.6 Å². The van der Waals surface area contributed by atoms with Gasteiger partial charge in [-0.1, -0.05) is 23.4 Å². The summed E-state index contributed by atoms with van der Waals surface area (Å²) in [5.41, 5.74) is 0.700. The van der Waals surface area contributed by atoms with E-state index < -0.39 is 0 Å². The minimum absolute atomic E-state index is 0.140. The first-order valence-electron chi connectivity index (χ1n) is 8.05. The maximum absolute atomic E-state index is 11.7. The summed E-state index contributed by atoms with van der Waals surface area (Å²) in [6.45, 7) is 0.425. The normalized spacial score (nSPS) is 10.5. The molecule has 0 aromatic heterocycles. The van der Waals surface area contributed by atoms with Crippen LogP contribution in [0.1, 0.15) is 5.56 Å². The van der Waals surface area contributed by atoms with E-state index >= 15 is 0 Å². The molecule has 0 aliphatic rings. The SMILES string of the molecule is COc1ccc(OC)c(/C=N/OCC(=O)NCCSc2ccccc2)c1. The summed E-state index contributed by atoms with van der Waals surface area (Å²) in [4.78, 5) is 17.9. The van der Waals surface area contributed by atoms with Crippen molar-refractivity contribution >= 4 is 23.9 Å². The second kappa shape index (κ2) is 11.0. The highest BCUT2D eigenvalue weighted by molar-refractivity contribution is 7.99. The molecule has 1 N–H and O–H groups in total. The lowest BCUT2D eigenvalue weighted by molar-refractivity contribution is -0.125. The Labute approximate surface area is 157 Å². The van der Waals surface area contributed by atoms with Gasteiger partial charge in [0, 0.05) is 22.8 Å². The molecule has 0 spiro atoms. The molecule has 0 bridgehead atoms. The summed E-state index contributed by atoms with van der Waals surface area (Å²) < 4.78 is 10.4. The van der Waals surface area contributed by atoms with Gasteiger partial charge in [-0.15, -0.1) is 11.8 Å². The van der Waals surface area contributed by atoms with E-state index in [0.29, 0.717) is 23.6 Å². The van der Waals surface area contributed by atoms with Gasteiger partial charge in [0.05, 0.1) is 20.4 Å². The number of nitrogens with zero attached hydrogens (tertiary/aromatic N) is 1. The minimum atomic E-state index is -0.214. The number of ether oxygens (including phenoxy) is 2. The van der Waals surface area contributed by atoms with Crippen molar-refractivity contribution in [2.24, 2.45) is 5.16 Å². The van der Waals surface area contributed by atoms with Gasteiger partial charge in [-0.05, 0) is 30.3 Å². The van der Waals surface area contributed by atoms with Crippen molar-refractivity contribution in [3.8, 4) is 11.5 Å². The standard InChI is InChI=1S/C19H22N2O4S/c1-23-16-8-9-18(24-2)15(12-16)13-21-25-14-19(22)20-10-11-26-17-6-4-3-5-7-17/h3-9,12-13H,10-11,14H2,1-2H3,(H,20,22)/b21-13+. The summed E-state index contributed by atoms with van der Waals surface area (Å²) in [5, 5.41) is 6.60. The highest BCUT2D eigenvalue weighted by Gasteiger charge is 2.04. The Hall–Kier alpha value is -2.67. The molecule has 0 heterocycles. The molecule has 6 nitrogen and oxygen atoms in total. The number of oxime groups is 1. The largest absolute Gasteiger partial charge is 0.497 e. The minimum Gasteiger partial charge on any atom is -0.497 e. The van der Waals surface area contributed by atoms with Crippen molar-refractivity contribution in [1.82, 2.24) is 5.32 Å². The van der Waals surface area contributed by atoms with E-state index in [4.69, 9.17) is 14.3 Å². The summed E-state index contributed by atoms with van der Waals surface area (Å²) in [5.74, 6) is 1.90. The van der Waals surface area contributed by atoms with Crippen LogP contribution in [0.25, 0.3) is 0 Å². The second-order valence-electron chi connectivity index (χ2n) is 5.13. The van der Waals surface area contributed by atoms with Crippen LogP contribution in [0.15, 0.2) is 58.6 Å². The Morgan fingerprint density at radius 1 is 1.15 bits per heavy atom. The summed E-state index contributed by atoms with van der Waals surface area (Å²) in [6, 6.07) is 15.4. The van der Waals surface area contributed by atoms with Gasteiger partial charge in [-0.3, -0.25) is 4.79 Å². The lowest BCUT2D eigenvalue weighted by Crippen LogP contribution is -2.28. The Balaban J connectivity index is 1.68. The topological polar surface area (TPSA) is 69.1 Å². The van der Waals surface area contributed by atoms with Crippen molar-refractivity contribution in [2.75, 3.05) is 33.1 Å². The van der Waals surface area contributed by atoms with E-state index in [2.05, 4.69) is 10.5 Å². The van der Waals surface area contributed by atoms with Crippen LogP contribution in [0.5, 0.6) is 11.5 Å². The highest BCUT2D eigenvalue weighted by atomic mass is 32.2. The number of amides is 1. The van der Waals surface area contributed by atoms with Crippen molar-refractivity contribution in [2.45, 2.75) is 4.90 Å². The number of benzene rings is 2. The fourth-order valence-corrected chi connectivity index (χ4v) is 2.85. The number of nitrogens with one attached hydrogen (secondary N) is 1. The Kier molecular flexibility index (Phi) is 8.35. The Bertz CT molecular complexity index is 723. The number of hydrogen-bond donors (Lipinski definition) is 1. The number of thioether (sulfide) groups is 1. The number of methoxy groups -OCH3 is 2. The van der Waals surface area contributed by atoms with E-state index in [9.17, 15) is 4.79 Å². The first-order valence-corrected chi connectivity index (χ1v) is 9.03. The van der Waals surface area contributed by atoms with Crippen LogP contribution >= 0.6 is 11.8 Å². The van der Waals surface area contributed by atoms with Crippen LogP contribution in [0.3, 0.4) is 0 Å². The molecule has 0 unspecified atom stereocenters.